The maximum atomic E-state index is 9.21. The molecule has 0 amide bonds. The van der Waals surface area contributed by atoms with Crippen molar-refractivity contribution in [3.05, 3.63) is 41.5 Å². The lowest BCUT2D eigenvalue weighted by Crippen LogP contribution is -2.05. The Morgan fingerprint density at radius 3 is 2.70 bits per heavy atom. The Morgan fingerprint density at radius 2 is 1.95 bits per heavy atom. The van der Waals surface area contributed by atoms with Gasteiger partial charge in [-0.2, -0.15) is 4.98 Å². The van der Waals surface area contributed by atoms with Crippen LogP contribution in [0.2, 0.25) is 0 Å². The normalized spacial score (nSPS) is 10.8. The SMILES string of the molecule is COCCOCCc1noc(Cc2ccc(O)cc2)n1. The van der Waals surface area contributed by atoms with E-state index in [9.17, 15) is 5.11 Å². The van der Waals surface area contributed by atoms with Crippen LogP contribution >= 0.6 is 0 Å². The lowest BCUT2D eigenvalue weighted by Gasteiger charge is -2.00. The van der Waals surface area contributed by atoms with Crippen molar-refractivity contribution in [1.82, 2.24) is 10.1 Å². The van der Waals surface area contributed by atoms with Crippen molar-refractivity contribution >= 4 is 0 Å². The summed E-state index contributed by atoms with van der Waals surface area (Å²) in [5.74, 6) is 1.44. The first-order chi connectivity index (χ1) is 9.78. The molecular formula is C14H18N2O4. The van der Waals surface area contributed by atoms with E-state index in [1.54, 1.807) is 19.2 Å². The van der Waals surface area contributed by atoms with Crippen molar-refractivity contribution in [1.29, 1.82) is 0 Å². The van der Waals surface area contributed by atoms with Crippen molar-refractivity contribution in [2.75, 3.05) is 26.9 Å². The second-order valence-corrected chi connectivity index (χ2v) is 4.30. The summed E-state index contributed by atoms with van der Waals surface area (Å²) in [6.45, 7) is 1.69. The van der Waals surface area contributed by atoms with E-state index in [2.05, 4.69) is 10.1 Å². The number of ether oxygens (including phenoxy) is 2. The number of nitrogens with zero attached hydrogens (tertiary/aromatic N) is 2. The zero-order valence-electron chi connectivity index (χ0n) is 11.4. The van der Waals surface area contributed by atoms with Crippen LogP contribution in [0.1, 0.15) is 17.3 Å². The number of rotatable bonds is 8. The molecular weight excluding hydrogens is 260 g/mol. The summed E-state index contributed by atoms with van der Waals surface area (Å²) in [7, 11) is 1.64. The van der Waals surface area contributed by atoms with E-state index in [4.69, 9.17) is 14.0 Å². The number of phenols is 1. The van der Waals surface area contributed by atoms with E-state index >= 15 is 0 Å². The fraction of sp³-hybridized carbons (Fsp3) is 0.429. The fourth-order valence-electron chi connectivity index (χ4n) is 1.66. The van der Waals surface area contributed by atoms with Crippen LogP contribution in [0, 0.1) is 0 Å². The van der Waals surface area contributed by atoms with Crippen LogP contribution in [-0.2, 0) is 22.3 Å². The van der Waals surface area contributed by atoms with E-state index in [-0.39, 0.29) is 5.75 Å². The second kappa shape index (κ2) is 7.62. The molecule has 0 unspecified atom stereocenters. The van der Waals surface area contributed by atoms with Crippen LogP contribution < -0.4 is 0 Å². The lowest BCUT2D eigenvalue weighted by atomic mass is 10.1. The third-order valence-electron chi connectivity index (χ3n) is 2.70. The highest BCUT2D eigenvalue weighted by atomic mass is 16.5. The molecule has 0 bridgehead atoms. The monoisotopic (exact) mass is 278 g/mol. The van der Waals surface area contributed by atoms with E-state index in [0.717, 1.165) is 5.56 Å². The van der Waals surface area contributed by atoms with Crippen LogP contribution in [0.25, 0.3) is 0 Å². The smallest absolute Gasteiger partial charge is 0.231 e. The first kappa shape index (κ1) is 14.5. The topological polar surface area (TPSA) is 77.6 Å². The molecule has 2 rings (SSSR count). The van der Waals surface area contributed by atoms with Gasteiger partial charge in [0.25, 0.3) is 0 Å². The molecule has 0 atom stereocenters. The van der Waals surface area contributed by atoms with Gasteiger partial charge >= 0.3 is 0 Å². The van der Waals surface area contributed by atoms with Crippen molar-refractivity contribution in [2.45, 2.75) is 12.8 Å². The number of aromatic hydroxyl groups is 1. The van der Waals surface area contributed by atoms with Crippen LogP contribution in [0.15, 0.2) is 28.8 Å². The van der Waals surface area contributed by atoms with Crippen LogP contribution in [-0.4, -0.2) is 42.2 Å². The van der Waals surface area contributed by atoms with Crippen LogP contribution in [0.4, 0.5) is 0 Å². The van der Waals surface area contributed by atoms with E-state index in [0.29, 0.717) is 44.4 Å². The Balaban J connectivity index is 1.78. The van der Waals surface area contributed by atoms with Gasteiger partial charge < -0.3 is 19.1 Å². The Kier molecular flexibility index (Phi) is 5.52. The van der Waals surface area contributed by atoms with Crippen molar-refractivity contribution in [3.63, 3.8) is 0 Å². The summed E-state index contributed by atoms with van der Waals surface area (Å²) in [6, 6.07) is 6.92. The molecule has 1 aromatic carbocycles. The summed E-state index contributed by atoms with van der Waals surface area (Å²) in [5, 5.41) is 13.1. The fourth-order valence-corrected chi connectivity index (χ4v) is 1.66. The molecule has 0 aliphatic heterocycles. The highest BCUT2D eigenvalue weighted by Crippen LogP contribution is 2.13. The number of benzene rings is 1. The maximum Gasteiger partial charge on any atom is 0.231 e. The molecule has 0 aliphatic rings. The van der Waals surface area contributed by atoms with E-state index < -0.39 is 0 Å². The summed E-state index contributed by atoms with van der Waals surface area (Å²) in [6.07, 6.45) is 1.17. The molecule has 0 saturated heterocycles. The molecule has 1 heterocycles. The lowest BCUT2D eigenvalue weighted by molar-refractivity contribution is 0.0714. The molecule has 1 aromatic heterocycles. The molecule has 0 spiro atoms. The number of phenolic OH excluding ortho intramolecular Hbond substituents is 1. The Morgan fingerprint density at radius 1 is 1.15 bits per heavy atom. The van der Waals surface area contributed by atoms with E-state index in [1.165, 1.54) is 0 Å². The van der Waals surface area contributed by atoms with Gasteiger partial charge in [0.15, 0.2) is 5.82 Å². The Labute approximate surface area is 117 Å². The highest BCUT2D eigenvalue weighted by molar-refractivity contribution is 5.27. The summed E-state index contributed by atoms with van der Waals surface area (Å²) in [4.78, 5) is 4.29. The standard InChI is InChI=1S/C14H18N2O4/c1-18-8-9-19-7-6-13-15-14(20-16-13)10-11-2-4-12(17)5-3-11/h2-5,17H,6-10H2,1H3. The van der Waals surface area contributed by atoms with Gasteiger partial charge in [-0.05, 0) is 17.7 Å². The van der Waals surface area contributed by atoms with Gasteiger partial charge in [-0.15, -0.1) is 0 Å². The minimum Gasteiger partial charge on any atom is -0.508 e. The van der Waals surface area contributed by atoms with Crippen LogP contribution in [0.3, 0.4) is 0 Å². The molecule has 0 fully saturated rings. The molecule has 1 N–H and O–H groups in total. The van der Waals surface area contributed by atoms with Gasteiger partial charge in [0.1, 0.15) is 5.75 Å². The van der Waals surface area contributed by atoms with Crippen molar-refractivity contribution < 1.29 is 19.1 Å². The number of methoxy groups -OCH3 is 1. The molecule has 2 aromatic rings. The minimum atomic E-state index is 0.244. The molecule has 108 valence electrons. The molecule has 0 radical (unpaired) electrons. The van der Waals surface area contributed by atoms with Crippen molar-refractivity contribution in [2.24, 2.45) is 0 Å². The molecule has 0 saturated carbocycles. The third kappa shape index (κ3) is 4.64. The quantitative estimate of drug-likeness (QED) is 0.738. The molecule has 0 aliphatic carbocycles. The predicted octanol–water partition coefficient (Wildman–Crippen LogP) is 1.57. The Hall–Kier alpha value is -1.92. The minimum absolute atomic E-state index is 0.244. The third-order valence-corrected chi connectivity index (χ3v) is 2.70. The number of hydrogen-bond donors (Lipinski definition) is 1. The number of hydrogen-bond acceptors (Lipinski definition) is 6. The van der Waals surface area contributed by atoms with Crippen molar-refractivity contribution in [3.8, 4) is 5.75 Å². The number of aromatic nitrogens is 2. The van der Waals surface area contributed by atoms with Gasteiger partial charge in [-0.25, -0.2) is 0 Å². The Bertz CT molecular complexity index is 510. The van der Waals surface area contributed by atoms with Gasteiger partial charge in [-0.3, -0.25) is 0 Å². The average molecular weight is 278 g/mol. The predicted molar refractivity (Wildman–Crippen MR) is 71.6 cm³/mol. The second-order valence-electron chi connectivity index (χ2n) is 4.30. The molecule has 6 heteroatoms. The average Bonchev–Trinajstić information content (AvgIpc) is 2.89. The largest absolute Gasteiger partial charge is 0.508 e. The highest BCUT2D eigenvalue weighted by Gasteiger charge is 2.07. The van der Waals surface area contributed by atoms with Gasteiger partial charge in [-0.1, -0.05) is 17.3 Å². The first-order valence-electron chi connectivity index (χ1n) is 6.44. The van der Waals surface area contributed by atoms with Crippen LogP contribution in [0.5, 0.6) is 5.75 Å². The summed E-state index contributed by atoms with van der Waals surface area (Å²) < 4.78 is 15.4. The zero-order valence-corrected chi connectivity index (χ0v) is 11.4. The molecule has 6 nitrogen and oxygen atoms in total. The van der Waals surface area contributed by atoms with Gasteiger partial charge in [0.2, 0.25) is 5.89 Å². The first-order valence-corrected chi connectivity index (χ1v) is 6.44. The summed E-state index contributed by atoms with van der Waals surface area (Å²) >= 11 is 0. The molecule has 20 heavy (non-hydrogen) atoms. The summed E-state index contributed by atoms with van der Waals surface area (Å²) in [5.41, 5.74) is 1.01. The van der Waals surface area contributed by atoms with Gasteiger partial charge in [0, 0.05) is 13.5 Å². The zero-order chi connectivity index (χ0) is 14.2. The van der Waals surface area contributed by atoms with E-state index in [1.807, 2.05) is 12.1 Å². The maximum absolute atomic E-state index is 9.21. The van der Waals surface area contributed by atoms with Gasteiger partial charge in [0.05, 0.1) is 26.2 Å².